The number of rotatable bonds is 3. The fraction of sp³-hybridized carbons (Fsp3) is 0.286. The van der Waals surface area contributed by atoms with Crippen molar-refractivity contribution < 1.29 is 5.11 Å². The summed E-state index contributed by atoms with van der Waals surface area (Å²) in [7, 11) is 0. The summed E-state index contributed by atoms with van der Waals surface area (Å²) in [6, 6.07) is 10.1. The molecule has 4 aromatic rings. The lowest BCUT2D eigenvalue weighted by Crippen LogP contribution is -2.28. The summed E-state index contributed by atoms with van der Waals surface area (Å²) in [6.07, 6.45) is 8.82. The number of nitrogens with zero attached hydrogens (tertiary/aromatic N) is 4. The van der Waals surface area contributed by atoms with Gasteiger partial charge in [-0.05, 0) is 37.8 Å². The summed E-state index contributed by atoms with van der Waals surface area (Å²) in [5.74, 6) is 0.606. The number of halogens is 1. The van der Waals surface area contributed by atoms with E-state index in [4.69, 9.17) is 16.6 Å². The largest absolute Gasteiger partial charge is 0.393 e. The molecule has 1 fully saturated rings. The molecule has 0 unspecified atom stereocenters. The van der Waals surface area contributed by atoms with E-state index in [9.17, 15) is 5.11 Å². The number of benzene rings is 1. The molecule has 1 saturated carbocycles. The Balaban J connectivity index is 1.58. The molecule has 7 heteroatoms. The van der Waals surface area contributed by atoms with Gasteiger partial charge >= 0.3 is 0 Å². The van der Waals surface area contributed by atoms with Crippen LogP contribution < -0.4 is 5.32 Å². The maximum atomic E-state index is 9.69. The van der Waals surface area contributed by atoms with Crippen LogP contribution in [0.25, 0.3) is 27.8 Å². The van der Waals surface area contributed by atoms with Crippen LogP contribution in [0.4, 0.5) is 5.95 Å². The summed E-state index contributed by atoms with van der Waals surface area (Å²) >= 11 is 6.43. The highest BCUT2D eigenvalue weighted by Gasteiger charge is 2.20. The summed E-state index contributed by atoms with van der Waals surface area (Å²) in [5, 5.41) is 14.7. The SMILES string of the molecule is OC1CCC(Nc2ncc3cc(-c4ccccc4Cl)c4nccn4c3n2)CC1. The molecule has 0 spiro atoms. The van der Waals surface area contributed by atoms with Crippen molar-refractivity contribution in [2.75, 3.05) is 5.32 Å². The molecule has 0 amide bonds. The Kier molecular flexibility index (Phi) is 4.37. The molecular weight excluding hydrogens is 374 g/mol. The molecule has 1 aromatic carbocycles. The fourth-order valence-corrected chi connectivity index (χ4v) is 4.16. The number of fused-ring (bicyclic) bond motifs is 3. The lowest BCUT2D eigenvalue weighted by molar-refractivity contribution is 0.126. The van der Waals surface area contributed by atoms with Crippen molar-refractivity contribution in [1.82, 2.24) is 19.4 Å². The minimum atomic E-state index is -0.177. The highest BCUT2D eigenvalue weighted by Crippen LogP contribution is 2.33. The van der Waals surface area contributed by atoms with Crippen molar-refractivity contribution in [1.29, 1.82) is 0 Å². The molecule has 0 bridgehead atoms. The van der Waals surface area contributed by atoms with Gasteiger partial charge in [0.2, 0.25) is 5.95 Å². The molecular formula is C21H20ClN5O. The molecule has 28 heavy (non-hydrogen) atoms. The van der Waals surface area contributed by atoms with Gasteiger partial charge in [-0.3, -0.25) is 4.40 Å². The van der Waals surface area contributed by atoms with Crippen molar-refractivity contribution >= 4 is 34.2 Å². The lowest BCUT2D eigenvalue weighted by atomic mass is 9.93. The number of hydrogen-bond donors (Lipinski definition) is 2. The van der Waals surface area contributed by atoms with Gasteiger partial charge in [0.15, 0.2) is 5.65 Å². The third kappa shape index (κ3) is 3.08. The van der Waals surface area contributed by atoms with Crippen LogP contribution in [0.3, 0.4) is 0 Å². The van der Waals surface area contributed by atoms with E-state index in [-0.39, 0.29) is 6.10 Å². The van der Waals surface area contributed by atoms with Crippen molar-refractivity contribution in [2.45, 2.75) is 37.8 Å². The van der Waals surface area contributed by atoms with Gasteiger partial charge in [-0.15, -0.1) is 0 Å². The fourth-order valence-electron chi connectivity index (χ4n) is 3.92. The normalized spacial score (nSPS) is 19.9. The molecule has 3 heterocycles. The number of aromatic nitrogens is 4. The Morgan fingerprint density at radius 3 is 2.68 bits per heavy atom. The Bertz CT molecular complexity index is 1150. The quantitative estimate of drug-likeness (QED) is 0.542. The molecule has 0 radical (unpaired) electrons. The van der Waals surface area contributed by atoms with Gasteiger partial charge in [-0.2, -0.15) is 4.98 Å². The maximum Gasteiger partial charge on any atom is 0.224 e. The molecule has 6 nitrogen and oxygen atoms in total. The van der Waals surface area contributed by atoms with Crippen molar-refractivity contribution in [3.05, 3.63) is 53.9 Å². The Morgan fingerprint density at radius 1 is 1.04 bits per heavy atom. The van der Waals surface area contributed by atoms with Crippen LogP contribution in [-0.4, -0.2) is 36.6 Å². The van der Waals surface area contributed by atoms with Gasteiger partial charge in [0, 0.05) is 46.2 Å². The topological polar surface area (TPSA) is 75.3 Å². The zero-order chi connectivity index (χ0) is 19.1. The number of aliphatic hydroxyl groups is 1. The molecule has 2 N–H and O–H groups in total. The number of aliphatic hydroxyl groups excluding tert-OH is 1. The average Bonchev–Trinajstić information content (AvgIpc) is 3.20. The first kappa shape index (κ1) is 17.4. The van der Waals surface area contributed by atoms with E-state index in [1.54, 1.807) is 6.20 Å². The van der Waals surface area contributed by atoms with Gasteiger partial charge in [-0.25, -0.2) is 9.97 Å². The highest BCUT2D eigenvalue weighted by atomic mass is 35.5. The third-order valence-electron chi connectivity index (χ3n) is 5.40. The predicted molar refractivity (Wildman–Crippen MR) is 111 cm³/mol. The number of nitrogens with one attached hydrogen (secondary N) is 1. The second-order valence-corrected chi connectivity index (χ2v) is 7.69. The molecule has 3 aromatic heterocycles. The minimum Gasteiger partial charge on any atom is -0.393 e. The van der Waals surface area contributed by atoms with E-state index < -0.39 is 0 Å². The monoisotopic (exact) mass is 393 g/mol. The van der Waals surface area contributed by atoms with Gasteiger partial charge in [0.25, 0.3) is 0 Å². The summed E-state index contributed by atoms with van der Waals surface area (Å²) in [4.78, 5) is 13.8. The Hall–Kier alpha value is -2.70. The average molecular weight is 394 g/mol. The molecule has 1 aliphatic rings. The first-order valence-corrected chi connectivity index (χ1v) is 9.89. The van der Waals surface area contributed by atoms with Crippen molar-refractivity contribution in [2.24, 2.45) is 0 Å². The molecule has 5 rings (SSSR count). The van der Waals surface area contributed by atoms with Gasteiger partial charge in [-0.1, -0.05) is 29.8 Å². The van der Waals surface area contributed by atoms with E-state index in [2.05, 4.69) is 15.3 Å². The van der Waals surface area contributed by atoms with E-state index in [0.717, 1.165) is 53.5 Å². The molecule has 0 saturated heterocycles. The number of anilines is 1. The van der Waals surface area contributed by atoms with Crippen LogP contribution in [0.5, 0.6) is 0 Å². The second kappa shape index (κ2) is 7.04. The van der Waals surface area contributed by atoms with Gasteiger partial charge in [0.1, 0.15) is 5.65 Å². The zero-order valence-corrected chi connectivity index (χ0v) is 16.0. The number of imidazole rings is 1. The molecule has 1 aliphatic carbocycles. The van der Waals surface area contributed by atoms with Crippen LogP contribution in [0.2, 0.25) is 5.02 Å². The molecule has 142 valence electrons. The number of pyridine rings is 1. The predicted octanol–water partition coefficient (Wildman–Crippen LogP) is 4.31. The van der Waals surface area contributed by atoms with Crippen LogP contribution in [-0.2, 0) is 0 Å². The standard InChI is InChI=1S/C21H20ClN5O/c22-18-4-2-1-3-16(18)17-11-13-12-24-21(25-14-5-7-15(28)8-6-14)26-19(13)27-10-9-23-20(17)27/h1-4,9-12,14-15,28H,5-8H2,(H,24,25,26). The Labute approximate surface area is 167 Å². The minimum absolute atomic E-state index is 0.177. The second-order valence-electron chi connectivity index (χ2n) is 7.28. The number of hydrogen-bond acceptors (Lipinski definition) is 5. The summed E-state index contributed by atoms with van der Waals surface area (Å²) < 4.78 is 1.98. The highest BCUT2D eigenvalue weighted by molar-refractivity contribution is 6.33. The van der Waals surface area contributed by atoms with E-state index in [1.165, 1.54) is 0 Å². The molecule has 0 aliphatic heterocycles. The molecule has 0 atom stereocenters. The van der Waals surface area contributed by atoms with Crippen LogP contribution >= 0.6 is 11.6 Å². The lowest BCUT2D eigenvalue weighted by Gasteiger charge is -2.26. The van der Waals surface area contributed by atoms with Gasteiger partial charge < -0.3 is 10.4 Å². The Morgan fingerprint density at radius 2 is 1.86 bits per heavy atom. The smallest absolute Gasteiger partial charge is 0.224 e. The first-order valence-electron chi connectivity index (χ1n) is 9.51. The zero-order valence-electron chi connectivity index (χ0n) is 15.2. The first-order chi connectivity index (χ1) is 13.7. The van der Waals surface area contributed by atoms with Crippen LogP contribution in [0.1, 0.15) is 25.7 Å². The van der Waals surface area contributed by atoms with Gasteiger partial charge in [0.05, 0.1) is 6.10 Å². The maximum absolute atomic E-state index is 9.69. The van der Waals surface area contributed by atoms with Crippen molar-refractivity contribution in [3.63, 3.8) is 0 Å². The van der Waals surface area contributed by atoms with E-state index >= 15 is 0 Å². The van der Waals surface area contributed by atoms with Crippen LogP contribution in [0.15, 0.2) is 48.9 Å². The van der Waals surface area contributed by atoms with E-state index in [0.29, 0.717) is 17.0 Å². The van der Waals surface area contributed by atoms with Crippen LogP contribution in [0, 0.1) is 0 Å². The van der Waals surface area contributed by atoms with Crippen molar-refractivity contribution in [3.8, 4) is 11.1 Å². The third-order valence-corrected chi connectivity index (χ3v) is 5.73. The summed E-state index contributed by atoms with van der Waals surface area (Å²) in [6.45, 7) is 0. The summed E-state index contributed by atoms with van der Waals surface area (Å²) in [5.41, 5.74) is 3.50. The van der Waals surface area contributed by atoms with E-state index in [1.807, 2.05) is 47.1 Å².